The van der Waals surface area contributed by atoms with Crippen molar-refractivity contribution < 1.29 is 8.42 Å². The van der Waals surface area contributed by atoms with Gasteiger partial charge in [-0.3, -0.25) is 4.99 Å². The summed E-state index contributed by atoms with van der Waals surface area (Å²) in [7, 11) is -3.06. The maximum absolute atomic E-state index is 12.0. The first kappa shape index (κ1) is 23.4. The Kier molecular flexibility index (Phi) is 10.6. The van der Waals surface area contributed by atoms with E-state index in [2.05, 4.69) is 22.5 Å². The minimum absolute atomic E-state index is 0.187. The Hall–Kier alpha value is -0.860. The lowest BCUT2D eigenvalue weighted by molar-refractivity contribution is 0.224. The molecule has 0 aliphatic carbocycles. The van der Waals surface area contributed by atoms with Crippen molar-refractivity contribution in [3.05, 3.63) is 0 Å². The molecule has 0 atom stereocenters. The molecule has 2 N–H and O–H groups in total. The van der Waals surface area contributed by atoms with Crippen LogP contribution in [-0.2, 0) is 10.0 Å². The molecule has 7 nitrogen and oxygen atoms in total. The number of sulfonamides is 1. The van der Waals surface area contributed by atoms with Gasteiger partial charge in [-0.25, -0.2) is 12.7 Å². The molecule has 2 rings (SSSR count). The van der Waals surface area contributed by atoms with Crippen LogP contribution < -0.4 is 10.6 Å². The molecule has 2 aliphatic heterocycles. The Bertz CT molecular complexity index is 553. The molecule has 164 valence electrons. The fraction of sp³-hybridized carbons (Fsp3) is 0.950. The van der Waals surface area contributed by atoms with E-state index in [0.717, 1.165) is 38.3 Å². The van der Waals surface area contributed by atoms with Crippen molar-refractivity contribution in [2.24, 2.45) is 4.99 Å². The molecule has 2 saturated heterocycles. The van der Waals surface area contributed by atoms with Gasteiger partial charge in [0.15, 0.2) is 5.96 Å². The Labute approximate surface area is 172 Å². The summed E-state index contributed by atoms with van der Waals surface area (Å²) in [5.74, 6) is 1.06. The Morgan fingerprint density at radius 1 is 1.00 bits per heavy atom. The highest BCUT2D eigenvalue weighted by Gasteiger charge is 2.26. The third-order valence-corrected chi connectivity index (χ3v) is 7.63. The van der Waals surface area contributed by atoms with Crippen LogP contribution in [0.25, 0.3) is 0 Å². The number of nitrogens with one attached hydrogen (secondary N) is 2. The molecule has 0 amide bonds. The number of guanidine groups is 1. The van der Waals surface area contributed by atoms with Crippen LogP contribution in [0.15, 0.2) is 4.99 Å². The zero-order valence-corrected chi connectivity index (χ0v) is 18.8. The molecule has 0 aromatic carbocycles. The van der Waals surface area contributed by atoms with Crippen LogP contribution in [0, 0.1) is 0 Å². The van der Waals surface area contributed by atoms with E-state index in [0.29, 0.717) is 19.1 Å². The molecule has 2 heterocycles. The van der Waals surface area contributed by atoms with E-state index in [1.807, 2.05) is 0 Å². The lowest BCUT2D eigenvalue weighted by Gasteiger charge is -2.32. The van der Waals surface area contributed by atoms with E-state index in [4.69, 9.17) is 4.99 Å². The molecule has 28 heavy (non-hydrogen) atoms. The SMILES string of the molecule is CCNC(=NCCCCCN1CCCCC1)NC1CCN(S(=O)(=O)CC)CC1. The standard InChI is InChI=1S/C20H41N5O2S/c1-3-21-20(22-13-7-5-8-14-24-15-9-6-10-16-24)23-19-11-17-25(18-12-19)28(26,27)4-2/h19H,3-18H2,1-2H3,(H2,21,22,23). The van der Waals surface area contributed by atoms with Crippen molar-refractivity contribution in [3.8, 4) is 0 Å². The third kappa shape index (κ3) is 8.25. The van der Waals surface area contributed by atoms with Gasteiger partial charge in [-0.15, -0.1) is 0 Å². The molecule has 8 heteroatoms. The van der Waals surface area contributed by atoms with Crippen LogP contribution >= 0.6 is 0 Å². The lowest BCUT2D eigenvalue weighted by atomic mass is 10.1. The minimum atomic E-state index is -3.06. The number of nitrogens with zero attached hydrogens (tertiary/aromatic N) is 3. The topological polar surface area (TPSA) is 77.0 Å². The summed E-state index contributed by atoms with van der Waals surface area (Å²) in [6, 6.07) is 0.292. The van der Waals surface area contributed by atoms with Crippen molar-refractivity contribution in [1.82, 2.24) is 19.8 Å². The van der Waals surface area contributed by atoms with Gasteiger partial charge in [-0.2, -0.15) is 0 Å². The zero-order chi connectivity index (χ0) is 20.2. The number of aliphatic imine (C=N–C) groups is 1. The summed E-state index contributed by atoms with van der Waals surface area (Å²) in [5, 5.41) is 6.82. The highest BCUT2D eigenvalue weighted by molar-refractivity contribution is 7.89. The Balaban J connectivity index is 1.65. The predicted octanol–water partition coefficient (Wildman–Crippen LogP) is 2.01. The second kappa shape index (κ2) is 12.6. The van der Waals surface area contributed by atoms with E-state index in [1.165, 1.54) is 51.7 Å². The van der Waals surface area contributed by atoms with E-state index >= 15 is 0 Å². The monoisotopic (exact) mass is 415 g/mol. The number of rotatable bonds is 10. The Morgan fingerprint density at radius 3 is 2.36 bits per heavy atom. The quantitative estimate of drug-likeness (QED) is 0.324. The van der Waals surface area contributed by atoms with Crippen molar-refractivity contribution in [1.29, 1.82) is 0 Å². The highest BCUT2D eigenvalue weighted by Crippen LogP contribution is 2.14. The molecule has 2 aliphatic rings. The van der Waals surface area contributed by atoms with Crippen LogP contribution in [0.3, 0.4) is 0 Å². The van der Waals surface area contributed by atoms with Crippen LogP contribution in [0.2, 0.25) is 0 Å². The number of unbranched alkanes of at least 4 members (excludes halogenated alkanes) is 2. The van der Waals surface area contributed by atoms with Crippen molar-refractivity contribution in [2.45, 2.75) is 71.3 Å². The summed E-state index contributed by atoms with van der Waals surface area (Å²) in [6.45, 7) is 10.5. The van der Waals surface area contributed by atoms with Gasteiger partial charge in [-0.1, -0.05) is 12.8 Å². The van der Waals surface area contributed by atoms with Crippen LogP contribution in [-0.4, -0.2) is 81.2 Å². The molecule has 0 spiro atoms. The molecule has 0 aromatic rings. The number of piperidine rings is 2. The second-order valence-corrected chi connectivity index (χ2v) is 10.2. The molecule has 0 radical (unpaired) electrons. The summed E-state index contributed by atoms with van der Waals surface area (Å²) < 4.78 is 25.6. The largest absolute Gasteiger partial charge is 0.357 e. The van der Waals surface area contributed by atoms with Crippen molar-refractivity contribution in [2.75, 3.05) is 51.6 Å². The summed E-state index contributed by atoms with van der Waals surface area (Å²) in [5.41, 5.74) is 0. The van der Waals surface area contributed by atoms with E-state index in [9.17, 15) is 8.42 Å². The first-order valence-corrected chi connectivity index (χ1v) is 12.9. The van der Waals surface area contributed by atoms with E-state index < -0.39 is 10.0 Å². The maximum atomic E-state index is 12.0. The summed E-state index contributed by atoms with van der Waals surface area (Å²) in [6.07, 6.45) is 9.42. The fourth-order valence-electron chi connectivity index (χ4n) is 3.97. The molecule has 0 bridgehead atoms. The van der Waals surface area contributed by atoms with Gasteiger partial charge >= 0.3 is 0 Å². The molecule has 0 aromatic heterocycles. The van der Waals surface area contributed by atoms with Gasteiger partial charge in [0.1, 0.15) is 0 Å². The molecule has 2 fully saturated rings. The highest BCUT2D eigenvalue weighted by atomic mass is 32.2. The average Bonchev–Trinajstić information content (AvgIpc) is 2.72. The Morgan fingerprint density at radius 2 is 1.71 bits per heavy atom. The second-order valence-electron chi connectivity index (χ2n) is 7.94. The number of hydrogen-bond acceptors (Lipinski definition) is 4. The van der Waals surface area contributed by atoms with Gasteiger partial charge in [-0.05, 0) is 72.0 Å². The van der Waals surface area contributed by atoms with Gasteiger partial charge < -0.3 is 15.5 Å². The van der Waals surface area contributed by atoms with Gasteiger partial charge in [0.2, 0.25) is 10.0 Å². The van der Waals surface area contributed by atoms with Gasteiger partial charge in [0, 0.05) is 32.2 Å². The lowest BCUT2D eigenvalue weighted by Crippen LogP contribution is -2.50. The van der Waals surface area contributed by atoms with Crippen molar-refractivity contribution >= 4 is 16.0 Å². The first-order chi connectivity index (χ1) is 13.5. The molecule has 0 saturated carbocycles. The molecular formula is C20H41N5O2S. The normalized spacial score (nSPS) is 21.0. The fourth-order valence-corrected chi connectivity index (χ4v) is 5.10. The first-order valence-electron chi connectivity index (χ1n) is 11.3. The minimum Gasteiger partial charge on any atom is -0.357 e. The maximum Gasteiger partial charge on any atom is 0.213 e. The zero-order valence-electron chi connectivity index (χ0n) is 18.0. The molecular weight excluding hydrogens is 374 g/mol. The molecule has 0 unspecified atom stereocenters. The van der Waals surface area contributed by atoms with Crippen molar-refractivity contribution in [3.63, 3.8) is 0 Å². The van der Waals surface area contributed by atoms with E-state index in [1.54, 1.807) is 11.2 Å². The van der Waals surface area contributed by atoms with Crippen LogP contribution in [0.4, 0.5) is 0 Å². The smallest absolute Gasteiger partial charge is 0.213 e. The van der Waals surface area contributed by atoms with Crippen LogP contribution in [0.5, 0.6) is 0 Å². The summed E-state index contributed by atoms with van der Waals surface area (Å²) >= 11 is 0. The average molecular weight is 416 g/mol. The number of hydrogen-bond donors (Lipinski definition) is 2. The van der Waals surface area contributed by atoms with Crippen LogP contribution in [0.1, 0.15) is 65.2 Å². The van der Waals surface area contributed by atoms with Gasteiger partial charge in [0.05, 0.1) is 5.75 Å². The summed E-state index contributed by atoms with van der Waals surface area (Å²) in [4.78, 5) is 7.33. The predicted molar refractivity (Wildman–Crippen MR) is 117 cm³/mol. The third-order valence-electron chi connectivity index (χ3n) is 5.75. The van der Waals surface area contributed by atoms with Gasteiger partial charge in [0.25, 0.3) is 0 Å². The van der Waals surface area contributed by atoms with E-state index in [-0.39, 0.29) is 5.75 Å². The number of likely N-dealkylation sites (tertiary alicyclic amines) is 1.